The number of rotatable bonds is 4. The van der Waals surface area contributed by atoms with Gasteiger partial charge in [0.25, 0.3) is 0 Å². The van der Waals surface area contributed by atoms with Crippen LogP contribution >= 0.6 is 0 Å². The van der Waals surface area contributed by atoms with Crippen molar-refractivity contribution in [3.05, 3.63) is 194 Å². The van der Waals surface area contributed by atoms with Crippen molar-refractivity contribution in [1.29, 1.82) is 0 Å². The second kappa shape index (κ2) is 12.0. The zero-order valence-corrected chi connectivity index (χ0v) is 32.9. The van der Waals surface area contributed by atoms with Gasteiger partial charge in [0.05, 0.1) is 22.1 Å². The molecule has 0 atom stereocenters. The van der Waals surface area contributed by atoms with Crippen molar-refractivity contribution in [2.45, 2.75) is 13.1 Å². The highest BCUT2D eigenvalue weighted by atomic mass is 28.3. The van der Waals surface area contributed by atoms with E-state index in [0.717, 1.165) is 0 Å². The summed E-state index contributed by atoms with van der Waals surface area (Å²) in [5.41, 5.74) is 15.2. The number of nitrogens with zero attached hydrogens (tertiary/aromatic N) is 2. The van der Waals surface area contributed by atoms with Crippen molar-refractivity contribution < 1.29 is 0 Å². The highest BCUT2D eigenvalue weighted by molar-refractivity contribution is 7.04. The van der Waals surface area contributed by atoms with Gasteiger partial charge in [-0.3, -0.25) is 0 Å². The summed E-state index contributed by atoms with van der Waals surface area (Å²) in [5, 5.41) is 10.7. The van der Waals surface area contributed by atoms with Gasteiger partial charge in [-0.2, -0.15) is 0 Å². The van der Waals surface area contributed by atoms with Gasteiger partial charge >= 0.3 is 0 Å². The van der Waals surface area contributed by atoms with Gasteiger partial charge in [-0.15, -0.1) is 0 Å². The highest BCUT2D eigenvalue weighted by Crippen LogP contribution is 2.41. The molecular weight excluding hydrogens is 705 g/mol. The lowest BCUT2D eigenvalue weighted by atomic mass is 9.96. The molecule has 0 unspecified atom stereocenters. The minimum atomic E-state index is -2.06. The predicted octanol–water partition coefficient (Wildman–Crippen LogP) is 13.2. The SMILES string of the molecule is C[Si]1(C)c2cc(-c3ccc4c5ccccc5n(-c5ccccc5)c4c3)ccc2-c2ccc(-c3cccc4c3c3ccccc3n4-c3ccc4ccccc4c3)cc21. The Bertz CT molecular complexity index is 3440. The lowest BCUT2D eigenvalue weighted by molar-refractivity contribution is 1.18. The number of hydrogen-bond donors (Lipinski definition) is 0. The van der Waals surface area contributed by atoms with Gasteiger partial charge in [0.15, 0.2) is 0 Å². The van der Waals surface area contributed by atoms with Gasteiger partial charge in [0.1, 0.15) is 8.07 Å². The van der Waals surface area contributed by atoms with E-state index in [0.29, 0.717) is 0 Å². The van der Waals surface area contributed by atoms with E-state index in [1.54, 1.807) is 0 Å². The Morgan fingerprint density at radius 2 is 0.912 bits per heavy atom. The highest BCUT2D eigenvalue weighted by Gasteiger charge is 2.38. The number of aromatic nitrogens is 2. The smallest absolute Gasteiger partial charge is 0.113 e. The predicted molar refractivity (Wildman–Crippen MR) is 246 cm³/mol. The molecule has 268 valence electrons. The zero-order valence-electron chi connectivity index (χ0n) is 31.9. The van der Waals surface area contributed by atoms with Crippen molar-refractivity contribution in [2.24, 2.45) is 0 Å². The van der Waals surface area contributed by atoms with Crippen LogP contribution in [0, 0.1) is 0 Å². The molecule has 2 aromatic heterocycles. The van der Waals surface area contributed by atoms with E-state index in [1.807, 2.05) is 0 Å². The Kier molecular flexibility index (Phi) is 6.82. The maximum atomic E-state index is 2.54. The molecule has 0 saturated carbocycles. The number of benzene rings is 9. The Hall–Kier alpha value is -6.94. The first-order valence-electron chi connectivity index (χ1n) is 19.9. The van der Waals surface area contributed by atoms with Gasteiger partial charge in [-0.1, -0.05) is 159 Å². The molecule has 2 nitrogen and oxygen atoms in total. The number of fused-ring (bicyclic) bond motifs is 10. The van der Waals surface area contributed by atoms with E-state index in [4.69, 9.17) is 0 Å². The first kappa shape index (κ1) is 32.3. The fraction of sp³-hybridized carbons (Fsp3) is 0.0370. The van der Waals surface area contributed by atoms with Crippen LogP contribution in [0.1, 0.15) is 0 Å². The molecule has 0 N–H and O–H groups in total. The minimum Gasteiger partial charge on any atom is -0.309 e. The van der Waals surface area contributed by atoms with Crippen LogP contribution in [0.15, 0.2) is 194 Å². The van der Waals surface area contributed by atoms with Crippen LogP contribution in [0.2, 0.25) is 13.1 Å². The van der Waals surface area contributed by atoms with Gasteiger partial charge < -0.3 is 9.13 Å². The van der Waals surface area contributed by atoms with E-state index in [1.165, 1.54) is 110 Å². The molecule has 11 aromatic rings. The minimum absolute atomic E-state index is 1.18. The van der Waals surface area contributed by atoms with Crippen LogP contribution < -0.4 is 10.4 Å². The van der Waals surface area contributed by atoms with Gasteiger partial charge in [-0.25, -0.2) is 0 Å². The van der Waals surface area contributed by atoms with Crippen molar-refractivity contribution in [3.8, 4) is 44.8 Å². The van der Waals surface area contributed by atoms with Crippen LogP contribution in [0.5, 0.6) is 0 Å². The molecule has 12 rings (SSSR count). The Labute approximate surface area is 332 Å². The van der Waals surface area contributed by atoms with Crippen molar-refractivity contribution >= 4 is 72.8 Å². The summed E-state index contributed by atoms with van der Waals surface area (Å²) in [5.74, 6) is 0. The molecule has 9 aromatic carbocycles. The third-order valence-electron chi connectivity index (χ3n) is 12.7. The van der Waals surface area contributed by atoms with E-state index in [2.05, 4.69) is 216 Å². The number of hydrogen-bond acceptors (Lipinski definition) is 0. The first-order valence-corrected chi connectivity index (χ1v) is 22.9. The van der Waals surface area contributed by atoms with Crippen LogP contribution in [0.4, 0.5) is 0 Å². The van der Waals surface area contributed by atoms with E-state index in [9.17, 15) is 0 Å². The number of para-hydroxylation sites is 3. The molecule has 1 aliphatic heterocycles. The monoisotopic (exact) mass is 742 g/mol. The summed E-state index contributed by atoms with van der Waals surface area (Å²) in [4.78, 5) is 0. The molecule has 0 aliphatic carbocycles. The standard InChI is InChI=1S/C54H38N2Si/c1-57(2)52-33-38(37-24-28-44-43-17-8-10-20-48(43)55(51(44)32-37)40-15-4-3-5-16-40)25-29-45(52)46-30-26-39(34-53(46)57)42-19-12-22-50-54(42)47-18-9-11-21-49(47)56(50)41-27-23-35-13-6-7-14-36(35)31-41/h3-34H,1-2H3. The topological polar surface area (TPSA) is 9.86 Å². The largest absolute Gasteiger partial charge is 0.309 e. The van der Waals surface area contributed by atoms with Crippen LogP contribution in [0.3, 0.4) is 0 Å². The first-order chi connectivity index (χ1) is 28.0. The zero-order chi connectivity index (χ0) is 37.8. The summed E-state index contributed by atoms with van der Waals surface area (Å²) in [6, 6.07) is 72.3. The summed E-state index contributed by atoms with van der Waals surface area (Å²) in [7, 11) is -2.06. The third kappa shape index (κ3) is 4.70. The third-order valence-corrected chi connectivity index (χ3v) is 16.2. The second-order valence-corrected chi connectivity index (χ2v) is 20.5. The molecule has 0 bridgehead atoms. The molecule has 0 radical (unpaired) electrons. The van der Waals surface area contributed by atoms with Gasteiger partial charge in [0, 0.05) is 32.9 Å². The second-order valence-electron chi connectivity index (χ2n) is 16.1. The Balaban J connectivity index is 0.978. The average molecular weight is 743 g/mol. The molecule has 3 heterocycles. The molecule has 0 fully saturated rings. The molecule has 0 spiro atoms. The summed E-state index contributed by atoms with van der Waals surface area (Å²) in [6.45, 7) is 5.07. The lowest BCUT2D eigenvalue weighted by Crippen LogP contribution is -2.49. The van der Waals surface area contributed by atoms with E-state index in [-0.39, 0.29) is 0 Å². The summed E-state index contributed by atoms with van der Waals surface area (Å²) < 4.78 is 4.86. The molecule has 57 heavy (non-hydrogen) atoms. The molecule has 0 saturated heterocycles. The quantitative estimate of drug-likeness (QED) is 0.159. The van der Waals surface area contributed by atoms with Crippen LogP contribution in [0.25, 0.3) is 99.1 Å². The van der Waals surface area contributed by atoms with E-state index >= 15 is 0 Å². The fourth-order valence-electron chi connectivity index (χ4n) is 9.94. The maximum absolute atomic E-state index is 2.54. The summed E-state index contributed by atoms with van der Waals surface area (Å²) in [6.07, 6.45) is 0. The van der Waals surface area contributed by atoms with Gasteiger partial charge in [-0.05, 0) is 103 Å². The maximum Gasteiger partial charge on any atom is 0.113 e. The van der Waals surface area contributed by atoms with E-state index < -0.39 is 8.07 Å². The van der Waals surface area contributed by atoms with Crippen LogP contribution in [-0.2, 0) is 0 Å². The Morgan fingerprint density at radius 1 is 0.333 bits per heavy atom. The molecule has 1 aliphatic rings. The summed E-state index contributed by atoms with van der Waals surface area (Å²) >= 11 is 0. The average Bonchev–Trinajstić information content (AvgIpc) is 3.86. The van der Waals surface area contributed by atoms with Crippen molar-refractivity contribution in [2.75, 3.05) is 0 Å². The lowest BCUT2D eigenvalue weighted by Gasteiger charge is -2.20. The van der Waals surface area contributed by atoms with Crippen molar-refractivity contribution in [3.63, 3.8) is 0 Å². The van der Waals surface area contributed by atoms with Crippen LogP contribution in [-0.4, -0.2) is 17.2 Å². The molecule has 3 heteroatoms. The molecule has 0 amide bonds. The van der Waals surface area contributed by atoms with Gasteiger partial charge in [0.2, 0.25) is 0 Å². The molecular formula is C54H38N2Si. The Morgan fingerprint density at radius 3 is 1.72 bits per heavy atom. The van der Waals surface area contributed by atoms with Crippen molar-refractivity contribution in [1.82, 2.24) is 9.13 Å². The fourth-order valence-corrected chi connectivity index (χ4v) is 13.0. The normalized spacial score (nSPS) is 13.2.